The minimum Gasteiger partial charge on any atom is -0.343 e. The van der Waals surface area contributed by atoms with Crippen molar-refractivity contribution >= 4 is 63.5 Å². The zero-order valence-electron chi connectivity index (χ0n) is 36.3. The highest BCUT2D eigenvalue weighted by Crippen LogP contribution is 2.31. The number of benzene rings is 5. The van der Waals surface area contributed by atoms with Crippen LogP contribution in [0.3, 0.4) is 0 Å². The molecule has 2 atom stereocenters. The fourth-order valence-corrected chi connectivity index (χ4v) is 8.82. The van der Waals surface area contributed by atoms with Crippen LogP contribution >= 0.6 is 23.2 Å². The van der Waals surface area contributed by atoms with E-state index in [1.165, 1.54) is 0 Å². The van der Waals surface area contributed by atoms with Gasteiger partial charge in [-0.3, -0.25) is 19.3 Å². The number of anilines is 1. The second kappa shape index (κ2) is 23.1. The number of hydrogen-bond donors (Lipinski definition) is 6. The van der Waals surface area contributed by atoms with Crippen LogP contribution in [-0.2, 0) is 33.9 Å². The molecule has 5 amide bonds. The smallest absolute Gasteiger partial charge is 0.319 e. The number of nitrogens with two attached hydrogens (primary N) is 1. The average molecular weight is 916 g/mol. The van der Waals surface area contributed by atoms with E-state index < -0.39 is 42.5 Å². The molecule has 14 heteroatoms. The average Bonchev–Trinajstić information content (AvgIpc) is 3.96. The lowest BCUT2D eigenvalue weighted by atomic mass is 9.97. The van der Waals surface area contributed by atoms with Crippen LogP contribution in [0.25, 0.3) is 10.9 Å². The van der Waals surface area contributed by atoms with E-state index >= 15 is 0 Å². The minimum atomic E-state index is -0.995. The van der Waals surface area contributed by atoms with Gasteiger partial charge in [-0.25, -0.2) is 4.79 Å². The molecule has 0 aliphatic carbocycles. The van der Waals surface area contributed by atoms with Gasteiger partial charge in [-0.05, 0) is 104 Å². The van der Waals surface area contributed by atoms with E-state index in [0.29, 0.717) is 41.7 Å². The Morgan fingerprint density at radius 3 is 1.95 bits per heavy atom. The summed E-state index contributed by atoms with van der Waals surface area (Å²) < 4.78 is 2.13. The van der Waals surface area contributed by atoms with Gasteiger partial charge >= 0.3 is 6.03 Å². The summed E-state index contributed by atoms with van der Waals surface area (Å²) in [6, 6.07) is 36.9. The summed E-state index contributed by atoms with van der Waals surface area (Å²) in [7, 11) is 0. The summed E-state index contributed by atoms with van der Waals surface area (Å²) in [5.74, 6) is -1.47. The Kier molecular flexibility index (Phi) is 16.7. The number of carbonyl (C=O) groups is 4. The molecule has 5 aromatic carbocycles. The predicted octanol–water partition coefficient (Wildman–Crippen LogP) is 7.96. The number of likely N-dealkylation sites (tertiary alicyclic amines) is 1. The van der Waals surface area contributed by atoms with Crippen molar-refractivity contribution in [1.29, 1.82) is 0 Å². The molecule has 1 aliphatic heterocycles. The van der Waals surface area contributed by atoms with E-state index in [1.54, 1.807) is 0 Å². The predicted molar refractivity (Wildman–Crippen MR) is 259 cm³/mol. The number of unbranched alkanes of at least 4 members (excludes halogenated alkanes) is 1. The van der Waals surface area contributed by atoms with Gasteiger partial charge < -0.3 is 36.9 Å². The Bertz CT molecular complexity index is 2470. The van der Waals surface area contributed by atoms with Gasteiger partial charge in [-0.15, -0.1) is 0 Å². The van der Waals surface area contributed by atoms with Gasteiger partial charge in [0, 0.05) is 51.4 Å². The molecule has 0 saturated carbocycles. The van der Waals surface area contributed by atoms with Crippen LogP contribution in [0, 0.1) is 0 Å². The van der Waals surface area contributed by atoms with Crippen molar-refractivity contribution in [2.24, 2.45) is 5.73 Å². The summed E-state index contributed by atoms with van der Waals surface area (Å²) in [6.07, 6.45) is 6.11. The zero-order chi connectivity index (χ0) is 45.5. The van der Waals surface area contributed by atoms with E-state index in [1.807, 2.05) is 127 Å². The van der Waals surface area contributed by atoms with Crippen molar-refractivity contribution in [3.05, 3.63) is 171 Å². The molecule has 7 N–H and O–H groups in total. The molecular formula is C51H56Cl2N8O4. The monoisotopic (exact) mass is 914 g/mol. The van der Waals surface area contributed by atoms with Crippen LogP contribution in [0.4, 0.5) is 10.5 Å². The first kappa shape index (κ1) is 46.8. The van der Waals surface area contributed by atoms with Gasteiger partial charge in [-0.1, -0.05) is 120 Å². The molecule has 0 unspecified atom stereocenters. The first-order valence-electron chi connectivity index (χ1n) is 22.2. The molecule has 6 aromatic rings. The Balaban J connectivity index is 1.02. The minimum absolute atomic E-state index is 0.214. The van der Waals surface area contributed by atoms with Crippen LogP contribution < -0.4 is 32.3 Å². The van der Waals surface area contributed by atoms with Crippen molar-refractivity contribution in [2.75, 3.05) is 31.5 Å². The lowest BCUT2D eigenvalue weighted by Crippen LogP contribution is -2.55. The molecule has 65 heavy (non-hydrogen) atoms. The third-order valence-electron chi connectivity index (χ3n) is 11.7. The lowest BCUT2D eigenvalue weighted by molar-refractivity contribution is -0.132. The third-order valence-corrected chi connectivity index (χ3v) is 12.4. The van der Waals surface area contributed by atoms with Gasteiger partial charge in [0.15, 0.2) is 0 Å². The summed E-state index contributed by atoms with van der Waals surface area (Å²) >= 11 is 13.1. The quantitative estimate of drug-likeness (QED) is 0.0426. The number of carbonyl (C=O) groups excluding carboxylic acids is 4. The number of amides is 5. The van der Waals surface area contributed by atoms with E-state index in [9.17, 15) is 19.2 Å². The van der Waals surface area contributed by atoms with Crippen LogP contribution in [0.15, 0.2) is 134 Å². The molecule has 338 valence electrons. The Hall–Kier alpha value is -6.18. The van der Waals surface area contributed by atoms with Gasteiger partial charge in [0.25, 0.3) is 0 Å². The van der Waals surface area contributed by atoms with Gasteiger partial charge in [0.2, 0.25) is 17.7 Å². The fourth-order valence-electron chi connectivity index (χ4n) is 8.31. The number of nitrogens with zero attached hydrogens (tertiary/aromatic N) is 2. The van der Waals surface area contributed by atoms with Crippen LogP contribution in [-0.4, -0.2) is 71.5 Å². The van der Waals surface area contributed by atoms with Crippen LogP contribution in [0.2, 0.25) is 10.0 Å². The normalized spacial score (nSPS) is 13.6. The summed E-state index contributed by atoms with van der Waals surface area (Å²) in [5, 5.41) is 16.6. The molecule has 12 nitrogen and oxygen atoms in total. The Morgan fingerprint density at radius 1 is 0.677 bits per heavy atom. The van der Waals surface area contributed by atoms with Crippen molar-refractivity contribution in [3.63, 3.8) is 0 Å². The summed E-state index contributed by atoms with van der Waals surface area (Å²) in [5.41, 5.74) is 11.9. The second-order valence-electron chi connectivity index (χ2n) is 16.4. The SMILES string of the molecule is NCCCC[C@H](NC(=O)CNC(=O)Nc1ccc2c(c1)c(CN1CCCC1)cn2Cc1c(Cl)cccc1Cl)C(=O)N[C@@H](Cc1ccccc1)C(=O)NC(c1ccccc1)c1ccccc1. The van der Waals surface area contributed by atoms with E-state index in [0.717, 1.165) is 71.2 Å². The molecule has 2 heterocycles. The number of aromatic nitrogens is 1. The maximum Gasteiger partial charge on any atom is 0.319 e. The lowest BCUT2D eigenvalue weighted by Gasteiger charge is -2.26. The maximum absolute atomic E-state index is 14.2. The molecule has 1 aliphatic rings. The molecule has 7 rings (SSSR count). The topological polar surface area (TPSA) is 163 Å². The highest BCUT2D eigenvalue weighted by molar-refractivity contribution is 6.36. The van der Waals surface area contributed by atoms with Gasteiger partial charge in [-0.2, -0.15) is 0 Å². The van der Waals surface area contributed by atoms with Gasteiger partial charge in [0.05, 0.1) is 19.1 Å². The van der Waals surface area contributed by atoms with Gasteiger partial charge in [0.1, 0.15) is 12.1 Å². The summed E-state index contributed by atoms with van der Waals surface area (Å²) in [4.78, 5) is 57.5. The largest absolute Gasteiger partial charge is 0.343 e. The number of fused-ring (bicyclic) bond motifs is 1. The maximum atomic E-state index is 14.2. The van der Waals surface area contributed by atoms with Crippen molar-refractivity contribution in [3.8, 4) is 0 Å². The molecule has 0 spiro atoms. The second-order valence-corrected chi connectivity index (χ2v) is 17.2. The zero-order valence-corrected chi connectivity index (χ0v) is 37.8. The molecular weight excluding hydrogens is 860 g/mol. The Labute approximate surface area is 390 Å². The highest BCUT2D eigenvalue weighted by Gasteiger charge is 2.29. The molecule has 1 fully saturated rings. The number of halogens is 2. The van der Waals surface area contributed by atoms with Crippen molar-refractivity contribution < 1.29 is 19.2 Å². The number of rotatable bonds is 20. The van der Waals surface area contributed by atoms with Crippen LogP contribution in [0.1, 0.15) is 66.0 Å². The van der Waals surface area contributed by atoms with E-state index in [4.69, 9.17) is 28.9 Å². The molecule has 1 saturated heterocycles. The standard InChI is InChI=1S/C51H56Cl2N8O4/c52-42-21-14-22-43(53)41(42)34-61-33-38(32-60-27-12-13-28-60)40-30-39(24-25-46(40)61)56-51(65)55-31-47(62)57-44(23-10-11-26-54)49(63)58-45(29-35-15-4-1-5-16-35)50(64)59-48(36-17-6-2-7-18-36)37-19-8-3-9-20-37/h1-9,14-22,24-25,30,33,44-45,48H,10-13,23,26-29,31-32,34,54H2,(H,57,62)(H,58,63)(H,59,64)(H2,55,56,65)/t44-,45-/m0/s1. The number of urea groups is 1. The van der Waals surface area contributed by atoms with Crippen molar-refractivity contribution in [1.82, 2.24) is 30.7 Å². The highest BCUT2D eigenvalue weighted by atomic mass is 35.5. The first-order chi connectivity index (χ1) is 31.6. The number of nitrogens with one attached hydrogen (secondary N) is 5. The van der Waals surface area contributed by atoms with E-state index in [2.05, 4.69) is 42.2 Å². The van der Waals surface area contributed by atoms with Crippen molar-refractivity contribution in [2.45, 2.75) is 69.7 Å². The summed E-state index contributed by atoms with van der Waals surface area (Å²) in [6.45, 7) is 3.30. The van der Waals surface area contributed by atoms with E-state index in [-0.39, 0.29) is 18.7 Å². The first-order valence-corrected chi connectivity index (χ1v) is 23.0. The molecule has 0 bridgehead atoms. The third kappa shape index (κ3) is 13.0. The molecule has 0 radical (unpaired) electrons. The Morgan fingerprint density at radius 2 is 1.31 bits per heavy atom. The number of hydrogen-bond acceptors (Lipinski definition) is 6. The van der Waals surface area contributed by atoms with Crippen LogP contribution in [0.5, 0.6) is 0 Å². The molecule has 1 aromatic heterocycles. The fraction of sp³-hybridized carbons (Fsp3) is 0.294.